The van der Waals surface area contributed by atoms with E-state index in [2.05, 4.69) is 30.9 Å². The van der Waals surface area contributed by atoms with Gasteiger partial charge in [0.05, 0.1) is 0 Å². The van der Waals surface area contributed by atoms with Crippen molar-refractivity contribution in [3.8, 4) is 0 Å². The molecule has 36 heavy (non-hydrogen) atoms. The van der Waals surface area contributed by atoms with Crippen molar-refractivity contribution in [1.82, 2.24) is 29.7 Å². The second kappa shape index (κ2) is 14.3. The quantitative estimate of drug-likeness (QED) is 0.414. The predicted molar refractivity (Wildman–Crippen MR) is 135 cm³/mol. The first-order valence-electron chi connectivity index (χ1n) is 11.3. The lowest BCUT2D eigenvalue weighted by atomic mass is 10.3. The summed E-state index contributed by atoms with van der Waals surface area (Å²) < 4.78 is 1.70. The van der Waals surface area contributed by atoms with Crippen LogP contribution >= 0.6 is 0 Å². The summed E-state index contributed by atoms with van der Waals surface area (Å²) in [6, 6.07) is -2.37. The minimum absolute atomic E-state index is 0.518. The molecule has 0 saturated carbocycles. The number of aliphatic imine (C=N–C) groups is 3. The first-order valence-corrected chi connectivity index (χ1v) is 11.3. The first-order chi connectivity index (χ1) is 16.9. The Hall–Kier alpha value is -4.17. The molecule has 198 valence electrons. The molecule has 0 bridgehead atoms. The van der Waals surface area contributed by atoms with Crippen LogP contribution in [0.5, 0.6) is 0 Å². The van der Waals surface area contributed by atoms with Crippen LogP contribution in [0.4, 0.5) is 14.4 Å². The SMILES string of the molecule is CC/C(C)=N/C(=O)NCn1c(=O)n(CNC(=O)/N=C(\C)CC)c(=O)n(CNC(=O)/N=C(\C)CC)c1=O. The Kier molecular flexibility index (Phi) is 11.8. The van der Waals surface area contributed by atoms with Gasteiger partial charge in [-0.2, -0.15) is 0 Å². The van der Waals surface area contributed by atoms with Gasteiger partial charge >= 0.3 is 35.2 Å². The van der Waals surface area contributed by atoms with Crippen LogP contribution in [0.3, 0.4) is 0 Å². The Morgan fingerprint density at radius 1 is 0.556 bits per heavy atom. The molecule has 0 fully saturated rings. The fourth-order valence-corrected chi connectivity index (χ4v) is 2.40. The lowest BCUT2D eigenvalue weighted by Gasteiger charge is -2.14. The first kappa shape index (κ1) is 29.9. The Labute approximate surface area is 207 Å². The number of urea groups is 3. The molecule has 1 aromatic heterocycles. The molecule has 15 nitrogen and oxygen atoms in total. The van der Waals surface area contributed by atoms with Gasteiger partial charge in [-0.05, 0) is 40.0 Å². The Bertz CT molecular complexity index is 1070. The summed E-state index contributed by atoms with van der Waals surface area (Å²) in [4.78, 5) is 86.0. The molecule has 0 saturated heterocycles. The second-order valence-electron chi connectivity index (χ2n) is 7.65. The summed E-state index contributed by atoms with van der Waals surface area (Å²) in [5, 5.41) is 6.92. The van der Waals surface area contributed by atoms with Crippen molar-refractivity contribution in [2.45, 2.75) is 80.8 Å². The number of amides is 6. The molecular formula is C21H33N9O6. The highest BCUT2D eigenvalue weighted by Gasteiger charge is 2.17. The minimum Gasteiger partial charge on any atom is -0.318 e. The lowest BCUT2D eigenvalue weighted by Crippen LogP contribution is -2.58. The molecule has 6 amide bonds. The molecule has 0 aliphatic rings. The summed E-state index contributed by atoms with van der Waals surface area (Å²) in [7, 11) is 0. The molecule has 1 heterocycles. The van der Waals surface area contributed by atoms with Gasteiger partial charge in [-0.1, -0.05) is 20.8 Å². The molecule has 1 aromatic rings. The van der Waals surface area contributed by atoms with Gasteiger partial charge in [0.15, 0.2) is 0 Å². The third kappa shape index (κ3) is 8.88. The van der Waals surface area contributed by atoms with Crippen molar-refractivity contribution in [2.24, 2.45) is 15.0 Å². The van der Waals surface area contributed by atoms with E-state index < -0.39 is 55.2 Å². The van der Waals surface area contributed by atoms with Crippen molar-refractivity contribution in [1.29, 1.82) is 0 Å². The standard InChI is InChI=1S/C21H33N9O6/c1-7-13(4)25-16(31)22-10-28-19(34)29(11-23-17(32)26-14(5)8-2)21(36)30(20(28)35)12-24-18(33)27-15(6)9-3/h7-12H2,1-6H3,(H,22,31)(H,23,32)(H,24,33)/b25-13+,26-14+,27-15+. The average molecular weight is 508 g/mol. The Morgan fingerprint density at radius 2 is 0.778 bits per heavy atom. The number of hydrogen-bond acceptors (Lipinski definition) is 6. The van der Waals surface area contributed by atoms with Crippen LogP contribution < -0.4 is 33.0 Å². The third-order valence-electron chi connectivity index (χ3n) is 4.96. The van der Waals surface area contributed by atoms with Gasteiger partial charge in [-0.15, -0.1) is 0 Å². The zero-order chi connectivity index (χ0) is 27.4. The van der Waals surface area contributed by atoms with E-state index >= 15 is 0 Å². The monoisotopic (exact) mass is 507 g/mol. The molecule has 0 atom stereocenters. The maximum Gasteiger partial charge on any atom is 0.342 e. The molecule has 3 N–H and O–H groups in total. The van der Waals surface area contributed by atoms with E-state index in [-0.39, 0.29) is 0 Å². The predicted octanol–water partition coefficient (Wildman–Crippen LogP) is 0.786. The zero-order valence-electron chi connectivity index (χ0n) is 21.4. The number of carbonyl (C=O) groups excluding carboxylic acids is 3. The van der Waals surface area contributed by atoms with Crippen molar-refractivity contribution in [3.05, 3.63) is 31.5 Å². The molecule has 15 heteroatoms. The van der Waals surface area contributed by atoms with E-state index in [0.29, 0.717) is 50.1 Å². The molecule has 0 aromatic carbocycles. The maximum atomic E-state index is 12.9. The van der Waals surface area contributed by atoms with Crippen molar-refractivity contribution < 1.29 is 14.4 Å². The van der Waals surface area contributed by atoms with E-state index in [9.17, 15) is 28.8 Å². The summed E-state index contributed by atoms with van der Waals surface area (Å²) in [6.45, 7) is 8.46. The third-order valence-corrected chi connectivity index (χ3v) is 4.96. The molecule has 0 radical (unpaired) electrons. The van der Waals surface area contributed by atoms with Crippen molar-refractivity contribution in [2.75, 3.05) is 0 Å². The fourth-order valence-electron chi connectivity index (χ4n) is 2.40. The van der Waals surface area contributed by atoms with E-state index in [0.717, 1.165) is 0 Å². The summed E-state index contributed by atoms with van der Waals surface area (Å²) in [5.74, 6) is 0. The van der Waals surface area contributed by atoms with E-state index in [1.807, 2.05) is 0 Å². The summed E-state index contributed by atoms with van der Waals surface area (Å²) >= 11 is 0. The van der Waals surface area contributed by atoms with Crippen LogP contribution in [0.15, 0.2) is 29.4 Å². The highest BCUT2D eigenvalue weighted by Crippen LogP contribution is 1.88. The average Bonchev–Trinajstić information content (AvgIpc) is 2.83. The molecule has 0 aliphatic carbocycles. The molecule has 1 rings (SSSR count). The smallest absolute Gasteiger partial charge is 0.318 e. The van der Waals surface area contributed by atoms with E-state index in [1.54, 1.807) is 41.5 Å². The number of nitrogens with zero attached hydrogens (tertiary/aromatic N) is 6. The molecule has 0 spiro atoms. The van der Waals surface area contributed by atoms with E-state index in [4.69, 9.17) is 0 Å². The minimum atomic E-state index is -1.10. The van der Waals surface area contributed by atoms with Crippen LogP contribution in [-0.4, -0.2) is 48.9 Å². The highest BCUT2D eigenvalue weighted by atomic mass is 16.2. The van der Waals surface area contributed by atoms with Gasteiger partial charge in [-0.3, -0.25) is 0 Å². The van der Waals surface area contributed by atoms with Gasteiger partial charge in [-0.25, -0.2) is 57.4 Å². The van der Waals surface area contributed by atoms with Gasteiger partial charge in [0.2, 0.25) is 0 Å². The molecular weight excluding hydrogens is 474 g/mol. The number of aromatic nitrogens is 3. The van der Waals surface area contributed by atoms with Crippen LogP contribution in [-0.2, 0) is 20.0 Å². The number of hydrogen-bond donors (Lipinski definition) is 3. The molecule has 0 unspecified atom stereocenters. The Balaban J connectivity index is 3.41. The van der Waals surface area contributed by atoms with Crippen molar-refractivity contribution >= 4 is 35.2 Å². The Morgan fingerprint density at radius 3 is 0.972 bits per heavy atom. The molecule has 0 aliphatic heterocycles. The lowest BCUT2D eigenvalue weighted by molar-refractivity contribution is 0.243. The summed E-state index contributed by atoms with van der Waals surface area (Å²) in [6.07, 6.45) is 1.55. The second-order valence-corrected chi connectivity index (χ2v) is 7.65. The number of rotatable bonds is 9. The van der Waals surface area contributed by atoms with E-state index in [1.165, 1.54) is 0 Å². The highest BCUT2D eigenvalue weighted by molar-refractivity contribution is 5.94. The largest absolute Gasteiger partial charge is 0.342 e. The normalized spacial score (nSPS) is 12.3. The maximum absolute atomic E-state index is 12.9. The fraction of sp³-hybridized carbons (Fsp3) is 0.571. The number of carbonyl (C=O) groups is 3. The topological polar surface area (TPSA) is 190 Å². The van der Waals surface area contributed by atoms with Gasteiger partial charge in [0, 0.05) is 17.1 Å². The van der Waals surface area contributed by atoms with Crippen LogP contribution in [0.2, 0.25) is 0 Å². The summed E-state index contributed by atoms with van der Waals surface area (Å²) in [5.41, 5.74) is -1.71. The number of nitrogens with one attached hydrogen (secondary N) is 3. The van der Waals surface area contributed by atoms with Crippen LogP contribution in [0, 0.1) is 0 Å². The van der Waals surface area contributed by atoms with Crippen LogP contribution in [0.25, 0.3) is 0 Å². The van der Waals surface area contributed by atoms with Gasteiger partial charge in [0.25, 0.3) is 0 Å². The van der Waals surface area contributed by atoms with Gasteiger partial charge in [0.1, 0.15) is 20.0 Å². The zero-order valence-corrected chi connectivity index (χ0v) is 21.4. The van der Waals surface area contributed by atoms with Crippen LogP contribution in [0.1, 0.15) is 60.8 Å². The van der Waals surface area contributed by atoms with Crippen molar-refractivity contribution in [3.63, 3.8) is 0 Å². The van der Waals surface area contributed by atoms with Gasteiger partial charge < -0.3 is 16.0 Å².